The van der Waals surface area contributed by atoms with Crippen LogP contribution in [0.1, 0.15) is 31.7 Å². The number of amides is 1. The fourth-order valence-corrected chi connectivity index (χ4v) is 2.69. The summed E-state index contributed by atoms with van der Waals surface area (Å²) in [5.74, 6) is 1.36. The third-order valence-electron chi connectivity index (χ3n) is 3.49. The number of rotatable bonds is 4. The van der Waals surface area contributed by atoms with E-state index < -0.39 is 0 Å². The van der Waals surface area contributed by atoms with Crippen LogP contribution in [0.3, 0.4) is 0 Å². The van der Waals surface area contributed by atoms with Gasteiger partial charge in [0.25, 0.3) is 0 Å². The zero-order valence-electron chi connectivity index (χ0n) is 11.4. The Labute approximate surface area is 119 Å². The maximum absolute atomic E-state index is 12.7. The first-order valence-corrected chi connectivity index (χ1v) is 7.26. The zero-order chi connectivity index (χ0) is 13.8. The predicted octanol–water partition coefficient (Wildman–Crippen LogP) is 3.03. The Balaban J connectivity index is 2.24. The number of alkyl halides is 1. The Kier molecular flexibility index (Phi) is 4.70. The first kappa shape index (κ1) is 14.2. The molecule has 19 heavy (non-hydrogen) atoms. The molecule has 1 atom stereocenters. The largest absolute Gasteiger partial charge is 0.493 e. The van der Waals surface area contributed by atoms with Crippen LogP contribution in [0.5, 0.6) is 5.75 Å². The van der Waals surface area contributed by atoms with Gasteiger partial charge in [-0.1, -0.05) is 18.2 Å². The lowest BCUT2D eigenvalue weighted by atomic mass is 9.91. The highest BCUT2D eigenvalue weighted by atomic mass is 35.5. The summed E-state index contributed by atoms with van der Waals surface area (Å²) in [4.78, 5) is 14.6. The van der Waals surface area contributed by atoms with E-state index in [0.29, 0.717) is 19.0 Å². The number of para-hydroxylation sites is 1. The molecule has 0 aliphatic carbocycles. The Morgan fingerprint density at radius 3 is 2.89 bits per heavy atom. The molecule has 1 aromatic carbocycles. The summed E-state index contributed by atoms with van der Waals surface area (Å²) in [6.45, 7) is 5.24. The normalized spacial score (nSPS) is 17.8. The van der Waals surface area contributed by atoms with E-state index in [2.05, 4.69) is 0 Å². The second-order valence-electron chi connectivity index (χ2n) is 5.04. The number of halogens is 1. The van der Waals surface area contributed by atoms with Crippen LogP contribution < -0.4 is 4.74 Å². The monoisotopic (exact) mass is 281 g/mol. The molecule has 0 saturated heterocycles. The van der Waals surface area contributed by atoms with Crippen LogP contribution in [-0.4, -0.2) is 35.9 Å². The molecule has 0 N–H and O–H groups in total. The summed E-state index contributed by atoms with van der Waals surface area (Å²) in [5, 5.41) is 0. The van der Waals surface area contributed by atoms with Crippen LogP contribution in [0, 0.1) is 0 Å². The Morgan fingerprint density at radius 2 is 2.21 bits per heavy atom. The van der Waals surface area contributed by atoms with Gasteiger partial charge in [-0.25, -0.2) is 0 Å². The van der Waals surface area contributed by atoms with Crippen LogP contribution in [-0.2, 0) is 4.79 Å². The molecule has 0 aromatic heterocycles. The molecule has 1 heterocycles. The molecule has 1 aliphatic heterocycles. The van der Waals surface area contributed by atoms with Gasteiger partial charge >= 0.3 is 0 Å². The molecule has 0 saturated carbocycles. The van der Waals surface area contributed by atoms with Crippen LogP contribution in [0.2, 0.25) is 0 Å². The number of hydrogen-bond donors (Lipinski definition) is 0. The average molecular weight is 282 g/mol. The highest BCUT2D eigenvalue weighted by Gasteiger charge is 2.31. The number of benzene rings is 1. The molecule has 1 aromatic rings. The molecule has 1 aliphatic rings. The van der Waals surface area contributed by atoms with Crippen molar-refractivity contribution in [3.63, 3.8) is 0 Å². The first-order chi connectivity index (χ1) is 9.15. The second kappa shape index (κ2) is 6.29. The third-order valence-corrected chi connectivity index (χ3v) is 3.66. The van der Waals surface area contributed by atoms with Crippen molar-refractivity contribution in [1.82, 2.24) is 4.90 Å². The quantitative estimate of drug-likeness (QED) is 0.794. The van der Waals surface area contributed by atoms with Crippen molar-refractivity contribution in [2.45, 2.75) is 32.2 Å². The summed E-state index contributed by atoms with van der Waals surface area (Å²) in [6.07, 6.45) is 0.737. The SMILES string of the molecule is CC(C)N(CCCl)C(=O)C1CCOc2ccccc21. The smallest absolute Gasteiger partial charge is 0.230 e. The number of hydrogen-bond acceptors (Lipinski definition) is 2. The lowest BCUT2D eigenvalue weighted by Crippen LogP contribution is -2.42. The van der Waals surface area contributed by atoms with Gasteiger partial charge in [0.15, 0.2) is 0 Å². The second-order valence-corrected chi connectivity index (χ2v) is 5.42. The summed E-state index contributed by atoms with van der Waals surface area (Å²) < 4.78 is 5.61. The van der Waals surface area contributed by atoms with Gasteiger partial charge < -0.3 is 9.64 Å². The Morgan fingerprint density at radius 1 is 1.47 bits per heavy atom. The number of fused-ring (bicyclic) bond motifs is 1. The van der Waals surface area contributed by atoms with Gasteiger partial charge in [-0.3, -0.25) is 4.79 Å². The van der Waals surface area contributed by atoms with Crippen LogP contribution in [0.25, 0.3) is 0 Å². The van der Waals surface area contributed by atoms with Gasteiger partial charge in [-0.15, -0.1) is 11.6 Å². The van der Waals surface area contributed by atoms with Crippen molar-refractivity contribution < 1.29 is 9.53 Å². The van der Waals surface area contributed by atoms with E-state index in [-0.39, 0.29) is 17.9 Å². The van der Waals surface area contributed by atoms with Gasteiger partial charge in [0, 0.05) is 24.0 Å². The lowest BCUT2D eigenvalue weighted by molar-refractivity contribution is -0.134. The topological polar surface area (TPSA) is 29.5 Å². The molecular weight excluding hydrogens is 262 g/mol. The maximum Gasteiger partial charge on any atom is 0.230 e. The summed E-state index contributed by atoms with van der Waals surface area (Å²) in [5.41, 5.74) is 0.999. The van der Waals surface area contributed by atoms with Crippen molar-refractivity contribution in [3.05, 3.63) is 29.8 Å². The first-order valence-electron chi connectivity index (χ1n) is 6.73. The van der Waals surface area contributed by atoms with Crippen molar-refractivity contribution in [2.75, 3.05) is 19.0 Å². The van der Waals surface area contributed by atoms with Crippen LogP contribution in [0.4, 0.5) is 0 Å². The summed E-state index contributed by atoms with van der Waals surface area (Å²) in [7, 11) is 0. The minimum atomic E-state index is -0.101. The van der Waals surface area contributed by atoms with E-state index in [1.165, 1.54) is 0 Å². The fourth-order valence-electron chi connectivity index (χ4n) is 2.51. The highest BCUT2D eigenvalue weighted by Crippen LogP contribution is 2.34. The summed E-state index contributed by atoms with van der Waals surface area (Å²) >= 11 is 5.80. The highest BCUT2D eigenvalue weighted by molar-refractivity contribution is 6.18. The molecule has 0 bridgehead atoms. The molecule has 1 amide bonds. The van der Waals surface area contributed by atoms with Crippen LogP contribution in [0.15, 0.2) is 24.3 Å². The average Bonchev–Trinajstić information content (AvgIpc) is 2.43. The van der Waals surface area contributed by atoms with E-state index in [0.717, 1.165) is 17.7 Å². The van der Waals surface area contributed by atoms with Crippen molar-refractivity contribution in [2.24, 2.45) is 0 Å². The number of ether oxygens (including phenoxy) is 1. The zero-order valence-corrected chi connectivity index (χ0v) is 12.2. The van der Waals surface area contributed by atoms with E-state index in [4.69, 9.17) is 16.3 Å². The van der Waals surface area contributed by atoms with Crippen LogP contribution >= 0.6 is 11.6 Å². The molecule has 4 heteroatoms. The molecule has 104 valence electrons. The van der Waals surface area contributed by atoms with E-state index in [1.54, 1.807) is 0 Å². The number of carbonyl (C=O) groups is 1. The molecular formula is C15H20ClNO2. The number of nitrogens with zero attached hydrogens (tertiary/aromatic N) is 1. The van der Waals surface area contributed by atoms with Gasteiger partial charge in [0.2, 0.25) is 5.91 Å². The molecule has 3 nitrogen and oxygen atoms in total. The van der Waals surface area contributed by atoms with Gasteiger partial charge in [0.1, 0.15) is 5.75 Å². The van der Waals surface area contributed by atoms with E-state index in [1.807, 2.05) is 43.0 Å². The van der Waals surface area contributed by atoms with Crippen molar-refractivity contribution >= 4 is 17.5 Å². The van der Waals surface area contributed by atoms with Crippen molar-refractivity contribution in [3.8, 4) is 5.75 Å². The fraction of sp³-hybridized carbons (Fsp3) is 0.533. The molecule has 1 unspecified atom stereocenters. The third kappa shape index (κ3) is 3.03. The number of carbonyl (C=O) groups excluding carboxylic acids is 1. The lowest BCUT2D eigenvalue weighted by Gasteiger charge is -2.32. The minimum Gasteiger partial charge on any atom is -0.493 e. The van der Waals surface area contributed by atoms with Crippen molar-refractivity contribution in [1.29, 1.82) is 0 Å². The minimum absolute atomic E-state index is 0.101. The molecule has 2 rings (SSSR count). The van der Waals surface area contributed by atoms with E-state index >= 15 is 0 Å². The van der Waals surface area contributed by atoms with E-state index in [9.17, 15) is 4.79 Å². The standard InChI is InChI=1S/C15H20ClNO2/c1-11(2)17(9-8-16)15(18)13-7-10-19-14-6-4-3-5-12(13)14/h3-6,11,13H,7-10H2,1-2H3. The molecule has 0 spiro atoms. The van der Waals surface area contributed by atoms with Gasteiger partial charge in [-0.05, 0) is 26.3 Å². The summed E-state index contributed by atoms with van der Waals surface area (Å²) in [6, 6.07) is 7.97. The Bertz CT molecular complexity index is 448. The molecule has 0 fully saturated rings. The van der Waals surface area contributed by atoms with Gasteiger partial charge in [-0.2, -0.15) is 0 Å². The van der Waals surface area contributed by atoms with Gasteiger partial charge in [0.05, 0.1) is 12.5 Å². The predicted molar refractivity (Wildman–Crippen MR) is 76.9 cm³/mol. The molecule has 0 radical (unpaired) electrons. The Hall–Kier alpha value is -1.22. The maximum atomic E-state index is 12.7.